The summed E-state index contributed by atoms with van der Waals surface area (Å²) in [4.78, 5) is 2.30. The molecule has 0 atom stereocenters. The normalized spacial score (nSPS) is 15.1. The van der Waals surface area contributed by atoms with Gasteiger partial charge in [0.15, 0.2) is 0 Å². The van der Waals surface area contributed by atoms with E-state index in [0.717, 1.165) is 30.9 Å². The third-order valence-corrected chi connectivity index (χ3v) is 3.77. The van der Waals surface area contributed by atoms with Crippen LogP contribution in [0.2, 0.25) is 0 Å². The fraction of sp³-hybridized carbons (Fsp3) is 0.294. The molecule has 1 aliphatic heterocycles. The SMILES string of the molecule is NCc1cc(CN2CCOc3ccccc3C2)ccc1F. The minimum atomic E-state index is -0.231. The molecule has 0 spiro atoms. The molecule has 0 radical (unpaired) electrons. The Morgan fingerprint density at radius 2 is 2.05 bits per heavy atom. The minimum absolute atomic E-state index is 0.228. The molecule has 0 unspecified atom stereocenters. The average Bonchev–Trinajstić information content (AvgIpc) is 2.70. The molecule has 0 saturated carbocycles. The summed E-state index contributed by atoms with van der Waals surface area (Å²) in [6.45, 7) is 3.36. The van der Waals surface area contributed by atoms with Crippen molar-refractivity contribution in [2.24, 2.45) is 5.73 Å². The molecule has 3 rings (SSSR count). The zero-order chi connectivity index (χ0) is 14.7. The lowest BCUT2D eigenvalue weighted by Crippen LogP contribution is -2.25. The Balaban J connectivity index is 1.76. The van der Waals surface area contributed by atoms with Crippen LogP contribution in [0.4, 0.5) is 4.39 Å². The highest BCUT2D eigenvalue weighted by Crippen LogP contribution is 2.23. The molecule has 1 heterocycles. The lowest BCUT2D eigenvalue weighted by Gasteiger charge is -2.19. The topological polar surface area (TPSA) is 38.5 Å². The van der Waals surface area contributed by atoms with Crippen molar-refractivity contribution in [1.29, 1.82) is 0 Å². The van der Waals surface area contributed by atoms with Gasteiger partial charge in [-0.05, 0) is 17.7 Å². The molecule has 0 aromatic heterocycles. The van der Waals surface area contributed by atoms with Crippen LogP contribution in [0.5, 0.6) is 5.75 Å². The van der Waals surface area contributed by atoms with Gasteiger partial charge in [0.2, 0.25) is 0 Å². The number of ether oxygens (including phenoxy) is 1. The van der Waals surface area contributed by atoms with E-state index in [1.165, 1.54) is 11.6 Å². The van der Waals surface area contributed by atoms with E-state index in [1.807, 2.05) is 30.3 Å². The zero-order valence-electron chi connectivity index (χ0n) is 11.9. The van der Waals surface area contributed by atoms with Crippen molar-refractivity contribution < 1.29 is 9.13 Å². The number of nitrogens with zero attached hydrogens (tertiary/aromatic N) is 1. The van der Waals surface area contributed by atoms with Gasteiger partial charge in [-0.3, -0.25) is 4.90 Å². The summed E-state index contributed by atoms with van der Waals surface area (Å²) >= 11 is 0. The summed E-state index contributed by atoms with van der Waals surface area (Å²) in [6.07, 6.45) is 0. The van der Waals surface area contributed by atoms with Crippen LogP contribution in [0, 0.1) is 5.82 Å². The molecule has 2 aromatic rings. The molecule has 4 heteroatoms. The van der Waals surface area contributed by atoms with Crippen LogP contribution in [-0.4, -0.2) is 18.1 Å². The molecule has 3 nitrogen and oxygen atoms in total. The van der Waals surface area contributed by atoms with Gasteiger partial charge in [-0.15, -0.1) is 0 Å². The van der Waals surface area contributed by atoms with Gasteiger partial charge in [0.25, 0.3) is 0 Å². The highest BCUT2D eigenvalue weighted by atomic mass is 19.1. The van der Waals surface area contributed by atoms with Crippen LogP contribution in [0.3, 0.4) is 0 Å². The molecule has 21 heavy (non-hydrogen) atoms. The van der Waals surface area contributed by atoms with E-state index in [2.05, 4.69) is 11.0 Å². The molecule has 0 fully saturated rings. The highest BCUT2D eigenvalue weighted by molar-refractivity contribution is 5.34. The number of nitrogens with two attached hydrogens (primary N) is 1. The number of fused-ring (bicyclic) bond motifs is 1. The molecule has 0 amide bonds. The smallest absolute Gasteiger partial charge is 0.127 e. The third kappa shape index (κ3) is 3.23. The maximum Gasteiger partial charge on any atom is 0.127 e. The van der Waals surface area contributed by atoms with Gasteiger partial charge >= 0.3 is 0 Å². The van der Waals surface area contributed by atoms with Crippen LogP contribution in [-0.2, 0) is 19.6 Å². The van der Waals surface area contributed by atoms with Crippen molar-refractivity contribution in [3.8, 4) is 5.75 Å². The van der Waals surface area contributed by atoms with Crippen molar-refractivity contribution in [1.82, 2.24) is 4.90 Å². The van der Waals surface area contributed by atoms with Crippen molar-refractivity contribution in [3.63, 3.8) is 0 Å². The first-order chi connectivity index (χ1) is 10.3. The van der Waals surface area contributed by atoms with Gasteiger partial charge in [0.1, 0.15) is 18.2 Å². The Morgan fingerprint density at radius 3 is 2.90 bits per heavy atom. The quantitative estimate of drug-likeness (QED) is 0.943. The van der Waals surface area contributed by atoms with E-state index in [0.29, 0.717) is 12.2 Å². The van der Waals surface area contributed by atoms with Crippen molar-refractivity contribution >= 4 is 0 Å². The molecular formula is C17H19FN2O. The van der Waals surface area contributed by atoms with Crippen molar-refractivity contribution in [2.45, 2.75) is 19.6 Å². The number of halogens is 1. The zero-order valence-corrected chi connectivity index (χ0v) is 11.9. The molecule has 1 aliphatic rings. The number of benzene rings is 2. The highest BCUT2D eigenvalue weighted by Gasteiger charge is 2.15. The first kappa shape index (κ1) is 14.0. The lowest BCUT2D eigenvalue weighted by atomic mass is 10.1. The summed E-state index contributed by atoms with van der Waals surface area (Å²) in [5.41, 5.74) is 8.41. The summed E-state index contributed by atoms with van der Waals surface area (Å²) in [5, 5.41) is 0. The van der Waals surface area contributed by atoms with Gasteiger partial charge < -0.3 is 10.5 Å². The Labute approximate surface area is 124 Å². The molecular weight excluding hydrogens is 267 g/mol. The Bertz CT molecular complexity index is 630. The molecule has 0 bridgehead atoms. The molecule has 110 valence electrons. The van der Waals surface area contributed by atoms with Crippen LogP contribution >= 0.6 is 0 Å². The predicted molar refractivity (Wildman–Crippen MR) is 80.3 cm³/mol. The monoisotopic (exact) mass is 286 g/mol. The first-order valence-electron chi connectivity index (χ1n) is 7.16. The van der Waals surface area contributed by atoms with Crippen LogP contribution < -0.4 is 10.5 Å². The summed E-state index contributed by atoms with van der Waals surface area (Å²) < 4.78 is 19.3. The van der Waals surface area contributed by atoms with Crippen LogP contribution in [0.25, 0.3) is 0 Å². The standard InChI is InChI=1S/C17H19FN2O/c18-16-6-5-13(9-15(16)10-19)11-20-7-8-21-17-4-2-1-3-14(17)12-20/h1-6,9H,7-8,10-12,19H2. The Morgan fingerprint density at radius 1 is 1.19 bits per heavy atom. The summed E-state index contributed by atoms with van der Waals surface area (Å²) in [6, 6.07) is 13.3. The number of para-hydroxylation sites is 1. The largest absolute Gasteiger partial charge is 0.492 e. The first-order valence-corrected chi connectivity index (χ1v) is 7.16. The van der Waals surface area contributed by atoms with E-state index in [4.69, 9.17) is 10.5 Å². The second-order valence-corrected chi connectivity index (χ2v) is 5.30. The van der Waals surface area contributed by atoms with E-state index in [1.54, 1.807) is 0 Å². The second-order valence-electron chi connectivity index (χ2n) is 5.30. The predicted octanol–water partition coefficient (Wildman–Crippen LogP) is 2.68. The van der Waals surface area contributed by atoms with Gasteiger partial charge in [-0.1, -0.05) is 30.3 Å². The van der Waals surface area contributed by atoms with Crippen LogP contribution in [0.1, 0.15) is 16.7 Å². The molecule has 2 N–H and O–H groups in total. The fourth-order valence-corrected chi connectivity index (χ4v) is 2.66. The van der Waals surface area contributed by atoms with Crippen molar-refractivity contribution in [2.75, 3.05) is 13.2 Å². The summed E-state index contributed by atoms with van der Waals surface area (Å²) in [5.74, 6) is 0.729. The van der Waals surface area contributed by atoms with Gasteiger partial charge in [-0.2, -0.15) is 0 Å². The maximum absolute atomic E-state index is 13.5. The minimum Gasteiger partial charge on any atom is -0.492 e. The van der Waals surface area contributed by atoms with E-state index in [9.17, 15) is 4.39 Å². The maximum atomic E-state index is 13.5. The lowest BCUT2D eigenvalue weighted by molar-refractivity contribution is 0.219. The Kier molecular flexibility index (Phi) is 4.18. The number of hydrogen-bond acceptors (Lipinski definition) is 3. The van der Waals surface area contributed by atoms with Gasteiger partial charge in [0, 0.05) is 37.3 Å². The average molecular weight is 286 g/mol. The van der Waals surface area contributed by atoms with Gasteiger partial charge in [0.05, 0.1) is 0 Å². The summed E-state index contributed by atoms with van der Waals surface area (Å²) in [7, 11) is 0. The Hall–Kier alpha value is -1.91. The van der Waals surface area contributed by atoms with E-state index >= 15 is 0 Å². The van der Waals surface area contributed by atoms with Crippen molar-refractivity contribution in [3.05, 3.63) is 65.0 Å². The van der Waals surface area contributed by atoms with Crippen LogP contribution in [0.15, 0.2) is 42.5 Å². The second kappa shape index (κ2) is 6.24. The van der Waals surface area contributed by atoms with E-state index in [-0.39, 0.29) is 12.4 Å². The molecule has 2 aromatic carbocycles. The fourth-order valence-electron chi connectivity index (χ4n) is 2.66. The number of hydrogen-bond donors (Lipinski definition) is 1. The third-order valence-electron chi connectivity index (χ3n) is 3.77. The molecule has 0 aliphatic carbocycles. The van der Waals surface area contributed by atoms with E-state index < -0.39 is 0 Å². The molecule has 0 saturated heterocycles. The van der Waals surface area contributed by atoms with Gasteiger partial charge in [-0.25, -0.2) is 4.39 Å². The number of rotatable bonds is 3.